The molecular formula is C29H47NO3. The predicted octanol–water partition coefficient (Wildman–Crippen LogP) is 7.56. The topological polar surface area (TPSA) is 69.9 Å². The minimum absolute atomic E-state index is 0.256. The molecule has 5 saturated carbocycles. The summed E-state index contributed by atoms with van der Waals surface area (Å²) in [7, 11) is 0. The third kappa shape index (κ3) is 3.21. The highest BCUT2D eigenvalue weighted by atomic mass is 16.4. The number of nitrogens with zero attached hydrogens (tertiary/aromatic N) is 1. The molecule has 0 aliphatic heterocycles. The molecule has 4 heteroatoms. The van der Waals surface area contributed by atoms with E-state index in [0.717, 1.165) is 50.7 Å². The maximum atomic E-state index is 12.4. The summed E-state index contributed by atoms with van der Waals surface area (Å²) < 4.78 is 0. The van der Waals surface area contributed by atoms with Crippen molar-refractivity contribution in [3.63, 3.8) is 0 Å². The van der Waals surface area contributed by atoms with Gasteiger partial charge in [-0.25, -0.2) is 0 Å². The molecule has 0 radical (unpaired) electrons. The predicted molar refractivity (Wildman–Crippen MR) is 133 cm³/mol. The molecule has 0 aromatic heterocycles. The number of hydrogen-bond donors (Lipinski definition) is 2. The van der Waals surface area contributed by atoms with E-state index in [1.54, 1.807) is 6.08 Å². The quantitative estimate of drug-likeness (QED) is 0.242. The van der Waals surface area contributed by atoms with Gasteiger partial charge in [-0.3, -0.25) is 4.79 Å². The van der Waals surface area contributed by atoms with Gasteiger partial charge in [0.25, 0.3) is 0 Å². The summed E-state index contributed by atoms with van der Waals surface area (Å²) in [6.45, 7) is 15.2. The fourth-order valence-corrected chi connectivity index (χ4v) is 10.5. The van der Waals surface area contributed by atoms with Gasteiger partial charge < -0.3 is 10.3 Å². The van der Waals surface area contributed by atoms with E-state index in [0.29, 0.717) is 40.4 Å². The number of carboxylic acid groups (broad SMARTS) is 1. The average Bonchev–Trinajstić information content (AvgIpc) is 3.21. The van der Waals surface area contributed by atoms with E-state index in [2.05, 4.69) is 39.4 Å². The molecule has 186 valence electrons. The molecule has 0 aromatic carbocycles. The summed E-state index contributed by atoms with van der Waals surface area (Å²) in [5.41, 5.74) is 1.44. The molecule has 5 rings (SSSR count). The maximum Gasteiger partial charge on any atom is 0.309 e. The van der Waals surface area contributed by atoms with Crippen LogP contribution in [0.5, 0.6) is 0 Å². The molecule has 0 saturated heterocycles. The van der Waals surface area contributed by atoms with Crippen LogP contribution in [0, 0.1) is 51.2 Å². The molecule has 0 aromatic rings. The number of carbonyl (C=O) groups is 1. The fraction of sp³-hybridized carbons (Fsp3) is 0.862. The van der Waals surface area contributed by atoms with Crippen LogP contribution in [-0.2, 0) is 4.79 Å². The van der Waals surface area contributed by atoms with E-state index in [1.165, 1.54) is 25.7 Å². The molecule has 0 amide bonds. The van der Waals surface area contributed by atoms with Gasteiger partial charge in [0.05, 0.1) is 11.1 Å². The van der Waals surface area contributed by atoms with Gasteiger partial charge in [-0.05, 0) is 111 Å². The molecule has 8 unspecified atom stereocenters. The number of allylic oxidation sites excluding steroid dienone is 1. The van der Waals surface area contributed by atoms with Crippen molar-refractivity contribution in [2.45, 2.75) is 105 Å². The van der Waals surface area contributed by atoms with Crippen molar-refractivity contribution < 1.29 is 15.1 Å². The van der Waals surface area contributed by atoms with Crippen LogP contribution in [0.15, 0.2) is 17.8 Å². The first-order chi connectivity index (χ1) is 15.6. The minimum Gasteiger partial charge on any atom is -0.481 e. The minimum atomic E-state index is -0.507. The van der Waals surface area contributed by atoms with Gasteiger partial charge in [-0.1, -0.05) is 45.3 Å². The Kier molecular flexibility index (Phi) is 6.32. The molecule has 2 N–H and O–H groups in total. The summed E-state index contributed by atoms with van der Waals surface area (Å²) in [5.74, 6) is 2.14. The van der Waals surface area contributed by atoms with Gasteiger partial charge in [-0.15, -0.1) is 6.58 Å². The number of carboxylic acids is 1. The molecule has 0 bridgehead atoms. The van der Waals surface area contributed by atoms with Crippen LogP contribution >= 0.6 is 0 Å². The average molecular weight is 458 g/mol. The lowest BCUT2D eigenvalue weighted by Gasteiger charge is -2.71. The number of hydrogen-bond acceptors (Lipinski definition) is 3. The summed E-state index contributed by atoms with van der Waals surface area (Å²) in [6.07, 6.45) is 13.9. The maximum absolute atomic E-state index is 12.4. The number of rotatable bonds is 1. The highest BCUT2D eigenvalue weighted by Crippen LogP contribution is 2.75. The lowest BCUT2D eigenvalue weighted by atomic mass is 9.33. The van der Waals surface area contributed by atoms with Gasteiger partial charge in [0.1, 0.15) is 0 Å². The second-order valence-corrected chi connectivity index (χ2v) is 13.0. The molecule has 5 aliphatic carbocycles. The number of aliphatic carboxylic acids is 1. The SMILES string of the molecule is C=CC.CC1/C(=N/O)CCC2(C)C1CCC1(C)C2CCC2C3CCCC3(C(=O)O)CC[C@]21C. The van der Waals surface area contributed by atoms with Crippen LogP contribution in [0.25, 0.3) is 0 Å². The van der Waals surface area contributed by atoms with E-state index >= 15 is 0 Å². The summed E-state index contributed by atoms with van der Waals surface area (Å²) in [4.78, 5) is 12.4. The van der Waals surface area contributed by atoms with Crippen molar-refractivity contribution in [1.29, 1.82) is 0 Å². The Hall–Kier alpha value is -1.32. The van der Waals surface area contributed by atoms with Gasteiger partial charge in [-0.2, -0.15) is 0 Å². The van der Waals surface area contributed by atoms with E-state index in [9.17, 15) is 15.1 Å². The smallest absolute Gasteiger partial charge is 0.309 e. The van der Waals surface area contributed by atoms with Gasteiger partial charge >= 0.3 is 5.97 Å². The second kappa shape index (κ2) is 8.41. The van der Waals surface area contributed by atoms with Crippen molar-refractivity contribution in [2.75, 3.05) is 0 Å². The Balaban J connectivity index is 0.000000821. The first kappa shape index (κ1) is 24.8. The summed E-state index contributed by atoms with van der Waals surface area (Å²) in [6, 6.07) is 0. The van der Waals surface area contributed by atoms with Crippen LogP contribution < -0.4 is 0 Å². The fourth-order valence-electron chi connectivity index (χ4n) is 10.5. The van der Waals surface area contributed by atoms with Crippen molar-refractivity contribution in [1.82, 2.24) is 0 Å². The van der Waals surface area contributed by atoms with Crippen molar-refractivity contribution >= 4 is 11.7 Å². The summed E-state index contributed by atoms with van der Waals surface area (Å²) >= 11 is 0. The third-order valence-electron chi connectivity index (χ3n) is 12.3. The lowest BCUT2D eigenvalue weighted by molar-refractivity contribution is -0.223. The zero-order valence-electron chi connectivity index (χ0n) is 21.7. The molecule has 5 fully saturated rings. The van der Waals surface area contributed by atoms with Crippen LogP contribution in [0.1, 0.15) is 105 Å². The number of fused-ring (bicyclic) bond motifs is 7. The van der Waals surface area contributed by atoms with Gasteiger partial charge in [0.15, 0.2) is 0 Å². The molecule has 0 heterocycles. The Bertz CT molecular complexity index is 822. The van der Waals surface area contributed by atoms with Crippen molar-refractivity contribution in [3.05, 3.63) is 12.7 Å². The van der Waals surface area contributed by atoms with Gasteiger partial charge in [0, 0.05) is 5.92 Å². The van der Waals surface area contributed by atoms with E-state index in [-0.39, 0.29) is 5.41 Å². The Morgan fingerprint density at radius 2 is 1.67 bits per heavy atom. The molecule has 0 spiro atoms. The standard InChI is InChI=1S/C26H41NO3.C3H6/c1-16-17-9-13-25(4)21(23(17,2)12-10-20(16)27-30)8-7-18-19-6-5-11-26(19,22(28)29)15-14-24(18,25)3;1-3-2/h16-19,21,30H,5-15H2,1-4H3,(H,28,29);3H,1H2,2H3/b27-20+;/t16?,17?,18?,19?,21?,23?,24-,25?,26?;/m1./s1. The van der Waals surface area contributed by atoms with E-state index in [4.69, 9.17) is 0 Å². The van der Waals surface area contributed by atoms with Crippen LogP contribution in [-0.4, -0.2) is 22.0 Å². The molecular weight excluding hydrogens is 410 g/mol. The molecule has 33 heavy (non-hydrogen) atoms. The Morgan fingerprint density at radius 3 is 2.30 bits per heavy atom. The van der Waals surface area contributed by atoms with Crippen molar-refractivity contribution in [3.8, 4) is 0 Å². The van der Waals surface area contributed by atoms with Gasteiger partial charge in [0.2, 0.25) is 0 Å². The summed E-state index contributed by atoms with van der Waals surface area (Å²) in [5, 5.41) is 23.4. The lowest BCUT2D eigenvalue weighted by Crippen LogP contribution is -2.65. The first-order valence-electron chi connectivity index (χ1n) is 13.6. The van der Waals surface area contributed by atoms with Crippen molar-refractivity contribution in [2.24, 2.45) is 56.4 Å². The van der Waals surface area contributed by atoms with Crippen LogP contribution in [0.2, 0.25) is 0 Å². The second-order valence-electron chi connectivity index (χ2n) is 13.0. The van der Waals surface area contributed by atoms with E-state index < -0.39 is 11.4 Å². The highest BCUT2D eigenvalue weighted by Gasteiger charge is 2.69. The Labute approximate surface area is 201 Å². The highest BCUT2D eigenvalue weighted by molar-refractivity contribution is 5.87. The number of oxime groups is 1. The Morgan fingerprint density at radius 1 is 0.970 bits per heavy atom. The molecule has 9 atom stereocenters. The molecule has 4 nitrogen and oxygen atoms in total. The van der Waals surface area contributed by atoms with Crippen LogP contribution in [0.4, 0.5) is 0 Å². The third-order valence-corrected chi connectivity index (χ3v) is 12.3. The zero-order valence-corrected chi connectivity index (χ0v) is 21.7. The molecule has 5 aliphatic rings. The van der Waals surface area contributed by atoms with Crippen LogP contribution in [0.3, 0.4) is 0 Å². The van der Waals surface area contributed by atoms with E-state index in [1.807, 2.05) is 6.92 Å². The largest absolute Gasteiger partial charge is 0.481 e. The zero-order chi connectivity index (χ0) is 24.2. The first-order valence-corrected chi connectivity index (χ1v) is 13.6. The monoisotopic (exact) mass is 457 g/mol. The normalized spacial score (nSPS) is 51.8.